The van der Waals surface area contributed by atoms with Crippen LogP contribution in [0.25, 0.3) is 10.8 Å². The van der Waals surface area contributed by atoms with Crippen molar-refractivity contribution in [1.82, 2.24) is 5.32 Å². The molecule has 0 aliphatic carbocycles. The number of carbonyl (C=O) groups is 1. The molecule has 0 aliphatic heterocycles. The van der Waals surface area contributed by atoms with E-state index in [9.17, 15) is 4.79 Å². The third kappa shape index (κ3) is 4.18. The second-order valence-corrected chi connectivity index (χ2v) is 6.16. The van der Waals surface area contributed by atoms with Gasteiger partial charge in [0.2, 0.25) is 0 Å². The lowest BCUT2D eigenvalue weighted by molar-refractivity contribution is -0.128. The molecule has 0 spiro atoms. The molecule has 0 radical (unpaired) electrons. The molecule has 2 atom stereocenters. The molecule has 0 bridgehead atoms. The van der Waals surface area contributed by atoms with E-state index in [1.165, 1.54) is 0 Å². The van der Waals surface area contributed by atoms with E-state index >= 15 is 0 Å². The summed E-state index contributed by atoms with van der Waals surface area (Å²) in [5, 5.41) is 5.30. The van der Waals surface area contributed by atoms with Crippen molar-refractivity contribution >= 4 is 16.7 Å². The summed E-state index contributed by atoms with van der Waals surface area (Å²) in [5.74, 6) is 0.625. The zero-order valence-electron chi connectivity index (χ0n) is 14.6. The van der Waals surface area contributed by atoms with E-state index in [4.69, 9.17) is 4.74 Å². The minimum absolute atomic E-state index is 0.0528. The fourth-order valence-electron chi connectivity index (χ4n) is 2.86. The lowest BCUT2D eigenvalue weighted by Crippen LogP contribution is -2.39. The maximum Gasteiger partial charge on any atom is 0.261 e. The monoisotopic (exact) mass is 333 g/mol. The summed E-state index contributed by atoms with van der Waals surface area (Å²) < 4.78 is 5.96. The second kappa shape index (κ2) is 7.84. The molecule has 0 fully saturated rings. The molecule has 1 amide bonds. The van der Waals surface area contributed by atoms with E-state index in [-0.39, 0.29) is 11.9 Å². The van der Waals surface area contributed by atoms with Crippen LogP contribution in [0.3, 0.4) is 0 Å². The van der Waals surface area contributed by atoms with Crippen molar-refractivity contribution in [3.63, 3.8) is 0 Å². The molecule has 0 saturated heterocycles. The van der Waals surface area contributed by atoms with Gasteiger partial charge in [-0.2, -0.15) is 0 Å². The maximum atomic E-state index is 12.6. The molecular formula is C22H23NO2. The summed E-state index contributed by atoms with van der Waals surface area (Å²) in [6, 6.07) is 23.9. The number of hydrogen-bond acceptors (Lipinski definition) is 2. The van der Waals surface area contributed by atoms with Crippen molar-refractivity contribution in [2.75, 3.05) is 0 Å². The number of amides is 1. The van der Waals surface area contributed by atoms with Crippen molar-refractivity contribution in [3.8, 4) is 5.75 Å². The van der Waals surface area contributed by atoms with Crippen molar-refractivity contribution < 1.29 is 9.53 Å². The highest BCUT2D eigenvalue weighted by molar-refractivity contribution is 5.84. The first-order chi connectivity index (χ1) is 12.2. The first kappa shape index (κ1) is 17.0. The molecule has 3 rings (SSSR count). The van der Waals surface area contributed by atoms with Crippen LogP contribution in [0.1, 0.15) is 31.9 Å². The van der Waals surface area contributed by atoms with Crippen molar-refractivity contribution in [3.05, 3.63) is 78.4 Å². The van der Waals surface area contributed by atoms with Crippen LogP contribution in [0.2, 0.25) is 0 Å². The SMILES string of the molecule is CC[C@@H](Oc1ccc2ccccc2c1)C(=O)N[C@H](C)c1ccccc1. The molecule has 3 nitrogen and oxygen atoms in total. The Morgan fingerprint density at radius 3 is 2.36 bits per heavy atom. The van der Waals surface area contributed by atoms with Crippen LogP contribution in [-0.2, 0) is 4.79 Å². The number of rotatable bonds is 6. The molecule has 0 unspecified atom stereocenters. The summed E-state index contributed by atoms with van der Waals surface area (Å²) in [4.78, 5) is 12.6. The minimum Gasteiger partial charge on any atom is -0.481 e. The molecule has 0 saturated carbocycles. The Morgan fingerprint density at radius 1 is 0.960 bits per heavy atom. The highest BCUT2D eigenvalue weighted by Gasteiger charge is 2.20. The van der Waals surface area contributed by atoms with Crippen LogP contribution in [0, 0.1) is 0 Å². The lowest BCUT2D eigenvalue weighted by atomic mass is 10.1. The quantitative estimate of drug-likeness (QED) is 0.698. The Kier molecular flexibility index (Phi) is 5.34. The molecule has 3 aromatic carbocycles. The smallest absolute Gasteiger partial charge is 0.261 e. The Balaban J connectivity index is 1.69. The fourth-order valence-corrected chi connectivity index (χ4v) is 2.86. The number of fused-ring (bicyclic) bond motifs is 1. The van der Waals surface area contributed by atoms with Crippen LogP contribution in [0.4, 0.5) is 0 Å². The van der Waals surface area contributed by atoms with Gasteiger partial charge in [-0.05, 0) is 41.8 Å². The predicted octanol–water partition coefficient (Wildman–Crippen LogP) is 4.87. The van der Waals surface area contributed by atoms with Gasteiger partial charge in [-0.25, -0.2) is 0 Å². The van der Waals surface area contributed by atoms with Gasteiger partial charge >= 0.3 is 0 Å². The van der Waals surface area contributed by atoms with Crippen LogP contribution < -0.4 is 10.1 Å². The maximum absolute atomic E-state index is 12.6. The van der Waals surface area contributed by atoms with E-state index in [1.807, 2.05) is 80.6 Å². The second-order valence-electron chi connectivity index (χ2n) is 6.16. The predicted molar refractivity (Wildman–Crippen MR) is 102 cm³/mol. The first-order valence-electron chi connectivity index (χ1n) is 8.68. The first-order valence-corrected chi connectivity index (χ1v) is 8.68. The molecule has 3 aromatic rings. The van der Waals surface area contributed by atoms with E-state index in [2.05, 4.69) is 11.4 Å². The molecule has 0 heterocycles. The molecule has 25 heavy (non-hydrogen) atoms. The number of ether oxygens (including phenoxy) is 1. The van der Waals surface area contributed by atoms with E-state index in [0.29, 0.717) is 12.2 Å². The van der Waals surface area contributed by atoms with E-state index < -0.39 is 6.10 Å². The Labute approximate surface area is 148 Å². The van der Waals surface area contributed by atoms with Gasteiger partial charge in [0.15, 0.2) is 6.10 Å². The van der Waals surface area contributed by atoms with Crippen molar-refractivity contribution in [2.24, 2.45) is 0 Å². The molecule has 0 aromatic heterocycles. The van der Waals surface area contributed by atoms with Crippen LogP contribution in [-0.4, -0.2) is 12.0 Å². The summed E-state index contributed by atoms with van der Waals surface area (Å²) in [5.41, 5.74) is 1.08. The lowest BCUT2D eigenvalue weighted by Gasteiger charge is -2.21. The summed E-state index contributed by atoms with van der Waals surface area (Å²) >= 11 is 0. The van der Waals surface area contributed by atoms with Gasteiger partial charge in [0.25, 0.3) is 5.91 Å². The van der Waals surface area contributed by atoms with Gasteiger partial charge in [-0.15, -0.1) is 0 Å². The molecular weight excluding hydrogens is 310 g/mol. The van der Waals surface area contributed by atoms with Crippen molar-refractivity contribution in [2.45, 2.75) is 32.4 Å². The molecule has 0 aliphatic rings. The van der Waals surface area contributed by atoms with Gasteiger partial charge in [0.05, 0.1) is 6.04 Å². The van der Waals surface area contributed by atoms with Crippen LogP contribution >= 0.6 is 0 Å². The number of nitrogens with one attached hydrogen (secondary N) is 1. The van der Waals surface area contributed by atoms with Gasteiger partial charge in [0, 0.05) is 0 Å². The molecule has 1 N–H and O–H groups in total. The summed E-state index contributed by atoms with van der Waals surface area (Å²) in [6.45, 7) is 3.94. The third-order valence-electron chi connectivity index (χ3n) is 4.32. The standard InChI is InChI=1S/C22H23NO2/c1-3-21(22(24)23-16(2)17-9-5-4-6-10-17)25-20-14-13-18-11-7-8-12-19(18)15-20/h4-16,21H,3H2,1-2H3,(H,23,24)/t16-,21-/m1/s1. The van der Waals surface area contributed by atoms with Gasteiger partial charge in [-0.3, -0.25) is 4.79 Å². The number of benzene rings is 3. The van der Waals surface area contributed by atoms with Gasteiger partial charge in [-0.1, -0.05) is 67.6 Å². The van der Waals surface area contributed by atoms with Gasteiger partial charge < -0.3 is 10.1 Å². The molecule has 3 heteroatoms. The largest absolute Gasteiger partial charge is 0.481 e. The number of carbonyl (C=O) groups excluding carboxylic acids is 1. The average molecular weight is 333 g/mol. The Morgan fingerprint density at radius 2 is 1.64 bits per heavy atom. The van der Waals surface area contributed by atoms with E-state index in [0.717, 1.165) is 16.3 Å². The zero-order valence-corrected chi connectivity index (χ0v) is 14.6. The highest BCUT2D eigenvalue weighted by atomic mass is 16.5. The summed E-state index contributed by atoms with van der Waals surface area (Å²) in [7, 11) is 0. The van der Waals surface area contributed by atoms with Gasteiger partial charge in [0.1, 0.15) is 5.75 Å². The van der Waals surface area contributed by atoms with Crippen LogP contribution in [0.5, 0.6) is 5.75 Å². The Hall–Kier alpha value is -2.81. The summed E-state index contributed by atoms with van der Waals surface area (Å²) in [6.07, 6.45) is 0.104. The third-order valence-corrected chi connectivity index (χ3v) is 4.32. The van der Waals surface area contributed by atoms with E-state index in [1.54, 1.807) is 0 Å². The molecule has 128 valence electrons. The highest BCUT2D eigenvalue weighted by Crippen LogP contribution is 2.22. The fraction of sp³-hybridized carbons (Fsp3) is 0.227. The topological polar surface area (TPSA) is 38.3 Å². The Bertz CT molecular complexity index is 845. The average Bonchev–Trinajstić information content (AvgIpc) is 2.66. The van der Waals surface area contributed by atoms with Crippen LogP contribution in [0.15, 0.2) is 72.8 Å². The van der Waals surface area contributed by atoms with Crippen molar-refractivity contribution in [1.29, 1.82) is 0 Å². The minimum atomic E-state index is -0.507. The zero-order chi connectivity index (χ0) is 17.6. The number of hydrogen-bond donors (Lipinski definition) is 1. The normalized spacial score (nSPS) is 13.2.